The van der Waals surface area contributed by atoms with Gasteiger partial charge >= 0.3 is 0 Å². The van der Waals surface area contributed by atoms with Crippen molar-refractivity contribution >= 4 is 15.7 Å². The van der Waals surface area contributed by atoms with Gasteiger partial charge in [0.25, 0.3) is 5.91 Å². The van der Waals surface area contributed by atoms with E-state index in [1.807, 2.05) is 31.2 Å². The Morgan fingerprint density at radius 2 is 1.61 bits per heavy atom. The molecule has 2 N–H and O–H groups in total. The highest BCUT2D eigenvalue weighted by atomic mass is 32.2. The van der Waals surface area contributed by atoms with Crippen LogP contribution in [0, 0.1) is 0 Å². The molecule has 2 aromatic rings. The Morgan fingerprint density at radius 1 is 1.03 bits per heavy atom. The fourth-order valence-corrected chi connectivity index (χ4v) is 5.52. The van der Waals surface area contributed by atoms with Crippen LogP contribution in [0.1, 0.15) is 19.8 Å². The van der Waals surface area contributed by atoms with Gasteiger partial charge in [-0.1, -0.05) is 24.3 Å². The molecule has 0 unspecified atom stereocenters. The minimum absolute atomic E-state index is 0.0196. The van der Waals surface area contributed by atoms with Crippen molar-refractivity contribution in [3.8, 4) is 16.9 Å². The summed E-state index contributed by atoms with van der Waals surface area (Å²) in [5.74, 6) is -0.209. The molecule has 1 saturated heterocycles. The maximum atomic E-state index is 13.3. The highest BCUT2D eigenvalue weighted by Gasteiger charge is 2.52. The zero-order valence-corrected chi connectivity index (χ0v) is 18.2. The SMILES string of the molecule is CCOCCOc1ccc(-c2ccc(S(=O)(=O)C3(C(=O)NO)CCOCC3)cc2)cc1. The Balaban J connectivity index is 1.78. The molecule has 3 rings (SSSR count). The Morgan fingerprint density at radius 3 is 2.16 bits per heavy atom. The van der Waals surface area contributed by atoms with E-state index in [1.54, 1.807) is 12.1 Å². The van der Waals surface area contributed by atoms with E-state index in [0.29, 0.717) is 19.8 Å². The molecule has 168 valence electrons. The van der Waals surface area contributed by atoms with Crippen LogP contribution in [0.2, 0.25) is 0 Å². The van der Waals surface area contributed by atoms with Gasteiger partial charge in [0.15, 0.2) is 14.6 Å². The van der Waals surface area contributed by atoms with Crippen LogP contribution in [-0.2, 0) is 24.1 Å². The standard InChI is InChI=1S/C22H27NO7S/c1-2-28-15-16-30-19-7-3-17(4-8-19)18-5-9-20(10-6-18)31(26,27)22(21(24)23-25)11-13-29-14-12-22/h3-10,25H,2,11-16H2,1H3,(H,23,24). The molecule has 0 aliphatic carbocycles. The number of carbonyl (C=O) groups is 1. The number of hydrogen-bond donors (Lipinski definition) is 2. The fraction of sp³-hybridized carbons (Fsp3) is 0.409. The van der Waals surface area contributed by atoms with Crippen LogP contribution in [-0.4, -0.2) is 57.3 Å². The molecule has 31 heavy (non-hydrogen) atoms. The Labute approximate surface area is 182 Å². The lowest BCUT2D eigenvalue weighted by Crippen LogP contribution is -2.54. The molecule has 1 amide bonds. The average molecular weight is 450 g/mol. The largest absolute Gasteiger partial charge is 0.491 e. The highest BCUT2D eigenvalue weighted by molar-refractivity contribution is 7.93. The van der Waals surface area contributed by atoms with E-state index in [4.69, 9.17) is 19.4 Å². The van der Waals surface area contributed by atoms with Gasteiger partial charge in [-0.05, 0) is 55.2 Å². The maximum absolute atomic E-state index is 13.3. The summed E-state index contributed by atoms with van der Waals surface area (Å²) >= 11 is 0. The van der Waals surface area contributed by atoms with Crippen LogP contribution < -0.4 is 10.2 Å². The van der Waals surface area contributed by atoms with Crippen LogP contribution in [0.25, 0.3) is 11.1 Å². The van der Waals surface area contributed by atoms with Crippen molar-refractivity contribution in [2.24, 2.45) is 0 Å². The minimum Gasteiger partial charge on any atom is -0.491 e. The lowest BCUT2D eigenvalue weighted by atomic mass is 9.98. The van der Waals surface area contributed by atoms with Crippen LogP contribution in [0.5, 0.6) is 5.75 Å². The summed E-state index contributed by atoms with van der Waals surface area (Å²) in [4.78, 5) is 12.4. The number of hydrogen-bond acceptors (Lipinski definition) is 7. The van der Waals surface area contributed by atoms with Crippen LogP contribution in [0.15, 0.2) is 53.4 Å². The first kappa shape index (κ1) is 23.2. The van der Waals surface area contributed by atoms with Gasteiger partial charge in [-0.3, -0.25) is 10.0 Å². The summed E-state index contributed by atoms with van der Waals surface area (Å²) in [6.07, 6.45) is -0.0392. The molecule has 8 nitrogen and oxygen atoms in total. The molecule has 0 spiro atoms. The van der Waals surface area contributed by atoms with Gasteiger partial charge in [-0.2, -0.15) is 0 Å². The van der Waals surface area contributed by atoms with Crippen molar-refractivity contribution < 1.29 is 32.6 Å². The molecule has 0 atom stereocenters. The first-order valence-corrected chi connectivity index (χ1v) is 11.6. The van der Waals surface area contributed by atoms with Crippen molar-refractivity contribution in [2.75, 3.05) is 33.0 Å². The third-order valence-corrected chi connectivity index (χ3v) is 7.90. The lowest BCUT2D eigenvalue weighted by molar-refractivity contribution is -0.134. The quantitative estimate of drug-likeness (QED) is 0.344. The summed E-state index contributed by atoms with van der Waals surface area (Å²) in [5, 5.41) is 9.14. The van der Waals surface area contributed by atoms with E-state index in [-0.39, 0.29) is 31.0 Å². The van der Waals surface area contributed by atoms with Gasteiger partial charge in [0, 0.05) is 19.8 Å². The molecule has 0 bridgehead atoms. The molecule has 2 aromatic carbocycles. The van der Waals surface area contributed by atoms with Gasteiger partial charge in [0.05, 0.1) is 11.5 Å². The number of carbonyl (C=O) groups excluding carboxylic acids is 1. The van der Waals surface area contributed by atoms with E-state index < -0.39 is 20.5 Å². The number of ether oxygens (including phenoxy) is 3. The molecule has 1 aliphatic rings. The summed E-state index contributed by atoms with van der Waals surface area (Å²) in [6.45, 7) is 3.82. The van der Waals surface area contributed by atoms with Gasteiger partial charge in [-0.15, -0.1) is 0 Å². The number of nitrogens with one attached hydrogen (secondary N) is 1. The van der Waals surface area contributed by atoms with Gasteiger partial charge in [0.2, 0.25) is 0 Å². The highest BCUT2D eigenvalue weighted by Crippen LogP contribution is 2.36. The van der Waals surface area contributed by atoms with Gasteiger partial charge in [0.1, 0.15) is 12.4 Å². The average Bonchev–Trinajstić information content (AvgIpc) is 2.82. The van der Waals surface area contributed by atoms with Crippen molar-refractivity contribution in [3.63, 3.8) is 0 Å². The summed E-state index contributed by atoms with van der Waals surface area (Å²) in [7, 11) is -4.04. The molecule has 0 radical (unpaired) electrons. The monoisotopic (exact) mass is 449 g/mol. The number of rotatable bonds is 9. The Hall–Kier alpha value is -2.46. The molecule has 1 heterocycles. The molecule has 1 fully saturated rings. The molecular formula is C22H27NO7S. The second-order valence-corrected chi connectivity index (χ2v) is 9.40. The zero-order chi connectivity index (χ0) is 22.3. The summed E-state index contributed by atoms with van der Waals surface area (Å²) < 4.78 is 40.9. The van der Waals surface area contributed by atoms with Crippen LogP contribution in [0.4, 0.5) is 0 Å². The topological polar surface area (TPSA) is 111 Å². The first-order chi connectivity index (χ1) is 14.9. The van der Waals surface area contributed by atoms with E-state index >= 15 is 0 Å². The summed E-state index contributed by atoms with van der Waals surface area (Å²) in [5.41, 5.74) is 3.25. The van der Waals surface area contributed by atoms with Crippen molar-refractivity contribution in [2.45, 2.75) is 29.4 Å². The minimum atomic E-state index is -4.04. The second-order valence-electron chi connectivity index (χ2n) is 7.15. The number of sulfone groups is 1. The number of hydroxylamine groups is 1. The predicted molar refractivity (Wildman–Crippen MR) is 114 cm³/mol. The lowest BCUT2D eigenvalue weighted by Gasteiger charge is -2.34. The van der Waals surface area contributed by atoms with Crippen LogP contribution >= 0.6 is 0 Å². The van der Waals surface area contributed by atoms with Crippen molar-refractivity contribution in [1.29, 1.82) is 0 Å². The molecule has 9 heteroatoms. The number of amides is 1. The van der Waals surface area contributed by atoms with Gasteiger partial charge in [-0.25, -0.2) is 13.9 Å². The van der Waals surface area contributed by atoms with Crippen molar-refractivity contribution in [1.82, 2.24) is 5.48 Å². The number of benzene rings is 2. The van der Waals surface area contributed by atoms with E-state index in [1.165, 1.54) is 17.6 Å². The van der Waals surface area contributed by atoms with E-state index in [9.17, 15) is 13.2 Å². The molecular weight excluding hydrogens is 422 g/mol. The second kappa shape index (κ2) is 10.2. The Bertz CT molecular complexity index is 966. The Kier molecular flexibility index (Phi) is 7.66. The van der Waals surface area contributed by atoms with E-state index in [2.05, 4.69) is 0 Å². The van der Waals surface area contributed by atoms with E-state index in [0.717, 1.165) is 16.9 Å². The van der Waals surface area contributed by atoms with Crippen LogP contribution in [0.3, 0.4) is 0 Å². The fourth-order valence-electron chi connectivity index (χ4n) is 3.58. The third-order valence-electron chi connectivity index (χ3n) is 5.38. The first-order valence-electron chi connectivity index (χ1n) is 10.1. The summed E-state index contributed by atoms with van der Waals surface area (Å²) in [6, 6.07) is 13.8. The molecule has 1 aliphatic heterocycles. The van der Waals surface area contributed by atoms with Gasteiger partial charge < -0.3 is 14.2 Å². The molecule has 0 saturated carbocycles. The predicted octanol–water partition coefficient (Wildman–Crippen LogP) is 2.60. The zero-order valence-electron chi connectivity index (χ0n) is 17.4. The van der Waals surface area contributed by atoms with Crippen molar-refractivity contribution in [3.05, 3.63) is 48.5 Å². The smallest absolute Gasteiger partial charge is 0.265 e. The molecule has 0 aromatic heterocycles. The third kappa shape index (κ3) is 4.90. The normalized spacial score (nSPS) is 15.9. The maximum Gasteiger partial charge on any atom is 0.265 e.